The molecule has 0 bridgehead atoms. The zero-order valence-electron chi connectivity index (χ0n) is 8.66. The first kappa shape index (κ1) is 10.1. The minimum atomic E-state index is 0.472. The van der Waals surface area contributed by atoms with E-state index >= 15 is 0 Å². The molecule has 13 heavy (non-hydrogen) atoms. The van der Waals surface area contributed by atoms with Crippen molar-refractivity contribution >= 4 is 6.01 Å². The Hall–Kier alpha value is -1.03. The predicted octanol–water partition coefficient (Wildman–Crippen LogP) is 1.24. The van der Waals surface area contributed by atoms with Gasteiger partial charge in [0.2, 0.25) is 0 Å². The Morgan fingerprint density at radius 2 is 2.23 bits per heavy atom. The lowest BCUT2D eigenvalue weighted by atomic mass is 10.4. The Bertz CT molecular complexity index is 255. The summed E-state index contributed by atoms with van der Waals surface area (Å²) in [6.45, 7) is 4.97. The summed E-state index contributed by atoms with van der Waals surface area (Å²) in [6.07, 6.45) is 1.69. The minimum absolute atomic E-state index is 0.472. The highest BCUT2D eigenvalue weighted by atomic mass is 16.4. The zero-order chi connectivity index (χ0) is 9.84. The van der Waals surface area contributed by atoms with Crippen LogP contribution in [-0.4, -0.2) is 25.1 Å². The fourth-order valence-corrected chi connectivity index (χ4v) is 0.892. The molecule has 0 amide bonds. The molecule has 1 aromatic rings. The average molecular weight is 183 g/mol. The van der Waals surface area contributed by atoms with Crippen molar-refractivity contribution in [3.05, 3.63) is 12.0 Å². The number of nitrogens with zero attached hydrogens (tertiary/aromatic N) is 2. The van der Waals surface area contributed by atoms with E-state index in [0.717, 1.165) is 12.2 Å². The van der Waals surface area contributed by atoms with Crippen molar-refractivity contribution in [2.24, 2.45) is 0 Å². The molecule has 1 rings (SSSR count). The second-order valence-corrected chi connectivity index (χ2v) is 3.55. The van der Waals surface area contributed by atoms with Gasteiger partial charge in [0.1, 0.15) is 6.26 Å². The summed E-state index contributed by atoms with van der Waals surface area (Å²) in [5.41, 5.74) is 0.942. The minimum Gasteiger partial charge on any atom is -0.432 e. The van der Waals surface area contributed by atoms with Crippen molar-refractivity contribution in [1.29, 1.82) is 0 Å². The van der Waals surface area contributed by atoms with Crippen molar-refractivity contribution in [3.8, 4) is 0 Å². The van der Waals surface area contributed by atoms with Gasteiger partial charge in [-0.3, -0.25) is 0 Å². The molecule has 1 aromatic heterocycles. The molecule has 0 fully saturated rings. The van der Waals surface area contributed by atoms with Crippen molar-refractivity contribution in [2.45, 2.75) is 26.4 Å². The number of aromatic nitrogens is 1. The molecule has 0 atom stereocenters. The first-order valence-electron chi connectivity index (χ1n) is 4.44. The van der Waals surface area contributed by atoms with Crippen molar-refractivity contribution < 1.29 is 4.42 Å². The molecule has 1 N–H and O–H groups in total. The number of anilines is 1. The van der Waals surface area contributed by atoms with Crippen LogP contribution in [0.5, 0.6) is 0 Å². The SMILES string of the molecule is CC(C)NCc1coc(N(C)C)n1. The zero-order valence-corrected chi connectivity index (χ0v) is 8.66. The van der Waals surface area contributed by atoms with E-state index in [4.69, 9.17) is 4.42 Å². The fraction of sp³-hybridized carbons (Fsp3) is 0.667. The van der Waals surface area contributed by atoms with E-state index in [9.17, 15) is 0 Å². The number of hydrogen-bond donors (Lipinski definition) is 1. The van der Waals surface area contributed by atoms with Gasteiger partial charge >= 0.3 is 0 Å². The van der Waals surface area contributed by atoms with E-state index in [0.29, 0.717) is 12.1 Å². The van der Waals surface area contributed by atoms with Crippen LogP contribution < -0.4 is 10.2 Å². The maximum Gasteiger partial charge on any atom is 0.296 e. The van der Waals surface area contributed by atoms with Crippen LogP contribution in [0.1, 0.15) is 19.5 Å². The van der Waals surface area contributed by atoms with Crippen molar-refractivity contribution in [2.75, 3.05) is 19.0 Å². The highest BCUT2D eigenvalue weighted by molar-refractivity contribution is 5.23. The Morgan fingerprint density at radius 1 is 1.54 bits per heavy atom. The Morgan fingerprint density at radius 3 is 2.69 bits per heavy atom. The average Bonchev–Trinajstić information content (AvgIpc) is 2.48. The Labute approximate surface area is 78.9 Å². The highest BCUT2D eigenvalue weighted by Crippen LogP contribution is 2.09. The van der Waals surface area contributed by atoms with Gasteiger partial charge in [-0.05, 0) is 0 Å². The van der Waals surface area contributed by atoms with Crippen LogP contribution in [0, 0.1) is 0 Å². The van der Waals surface area contributed by atoms with E-state index in [1.165, 1.54) is 0 Å². The largest absolute Gasteiger partial charge is 0.432 e. The number of oxazole rings is 1. The third-order valence-electron chi connectivity index (χ3n) is 1.61. The third-order valence-corrected chi connectivity index (χ3v) is 1.61. The van der Waals surface area contributed by atoms with Gasteiger partial charge in [-0.25, -0.2) is 0 Å². The monoisotopic (exact) mass is 183 g/mol. The molecule has 0 aliphatic carbocycles. The van der Waals surface area contributed by atoms with Crippen LogP contribution in [0.3, 0.4) is 0 Å². The molecule has 0 spiro atoms. The van der Waals surface area contributed by atoms with Gasteiger partial charge in [0.05, 0.1) is 5.69 Å². The topological polar surface area (TPSA) is 41.3 Å². The third kappa shape index (κ3) is 3.06. The predicted molar refractivity (Wildman–Crippen MR) is 52.8 cm³/mol. The molecule has 0 saturated carbocycles. The van der Waals surface area contributed by atoms with Crippen LogP contribution in [0.15, 0.2) is 10.7 Å². The molecule has 0 aliphatic heterocycles. The van der Waals surface area contributed by atoms with Crippen molar-refractivity contribution in [1.82, 2.24) is 10.3 Å². The van der Waals surface area contributed by atoms with Crippen LogP contribution in [0.4, 0.5) is 6.01 Å². The van der Waals surface area contributed by atoms with E-state index in [2.05, 4.69) is 24.1 Å². The molecule has 74 valence electrons. The smallest absolute Gasteiger partial charge is 0.296 e. The van der Waals surface area contributed by atoms with Crippen molar-refractivity contribution in [3.63, 3.8) is 0 Å². The summed E-state index contributed by atoms with van der Waals surface area (Å²) in [6, 6.07) is 1.13. The lowest BCUT2D eigenvalue weighted by Crippen LogP contribution is -2.22. The summed E-state index contributed by atoms with van der Waals surface area (Å²) >= 11 is 0. The van der Waals surface area contributed by atoms with E-state index < -0.39 is 0 Å². The number of nitrogens with one attached hydrogen (secondary N) is 1. The van der Waals surface area contributed by atoms with E-state index in [-0.39, 0.29) is 0 Å². The van der Waals surface area contributed by atoms with Crippen LogP contribution in [0.25, 0.3) is 0 Å². The molecule has 4 nitrogen and oxygen atoms in total. The van der Waals surface area contributed by atoms with Gasteiger partial charge in [-0.15, -0.1) is 0 Å². The summed E-state index contributed by atoms with van der Waals surface area (Å²) in [5.74, 6) is 0. The second kappa shape index (κ2) is 4.28. The molecule has 0 saturated heterocycles. The first-order valence-corrected chi connectivity index (χ1v) is 4.44. The molecule has 0 radical (unpaired) electrons. The van der Waals surface area contributed by atoms with Gasteiger partial charge in [0.25, 0.3) is 6.01 Å². The summed E-state index contributed by atoms with van der Waals surface area (Å²) in [4.78, 5) is 6.12. The maximum atomic E-state index is 5.23. The molecule has 4 heteroatoms. The van der Waals surface area contributed by atoms with Crippen LogP contribution in [-0.2, 0) is 6.54 Å². The fourth-order valence-electron chi connectivity index (χ4n) is 0.892. The van der Waals surface area contributed by atoms with Gasteiger partial charge < -0.3 is 14.6 Å². The summed E-state index contributed by atoms with van der Waals surface area (Å²) < 4.78 is 5.23. The lowest BCUT2D eigenvalue weighted by Gasteiger charge is -2.05. The quantitative estimate of drug-likeness (QED) is 0.762. The molecule has 0 unspecified atom stereocenters. The second-order valence-electron chi connectivity index (χ2n) is 3.55. The summed E-state index contributed by atoms with van der Waals surface area (Å²) in [7, 11) is 3.82. The van der Waals surface area contributed by atoms with E-state index in [1.807, 2.05) is 19.0 Å². The summed E-state index contributed by atoms with van der Waals surface area (Å²) in [5, 5.41) is 3.27. The molecule has 0 aliphatic rings. The first-order chi connectivity index (χ1) is 6.09. The lowest BCUT2D eigenvalue weighted by molar-refractivity contribution is 0.548. The normalized spacial score (nSPS) is 10.8. The Kier molecular flexibility index (Phi) is 3.31. The van der Waals surface area contributed by atoms with Gasteiger partial charge in [0, 0.05) is 26.7 Å². The van der Waals surface area contributed by atoms with Crippen LogP contribution in [0.2, 0.25) is 0 Å². The highest BCUT2D eigenvalue weighted by Gasteiger charge is 2.04. The van der Waals surface area contributed by atoms with Gasteiger partial charge in [0.15, 0.2) is 0 Å². The Balaban J connectivity index is 2.49. The number of hydrogen-bond acceptors (Lipinski definition) is 4. The molecule has 0 aromatic carbocycles. The molecular formula is C9H17N3O. The van der Waals surface area contributed by atoms with E-state index in [1.54, 1.807) is 6.26 Å². The standard InChI is InChI=1S/C9H17N3O/c1-7(2)10-5-8-6-13-9(11-8)12(3)4/h6-7,10H,5H2,1-4H3. The van der Waals surface area contributed by atoms with Gasteiger partial charge in [-0.1, -0.05) is 13.8 Å². The number of rotatable bonds is 4. The molecule has 1 heterocycles. The molecular weight excluding hydrogens is 166 g/mol. The van der Waals surface area contributed by atoms with Gasteiger partial charge in [-0.2, -0.15) is 4.98 Å². The van der Waals surface area contributed by atoms with Crippen LogP contribution >= 0.6 is 0 Å². The maximum absolute atomic E-state index is 5.23.